The van der Waals surface area contributed by atoms with Gasteiger partial charge in [-0.05, 0) is 24.3 Å². The van der Waals surface area contributed by atoms with E-state index in [0.717, 1.165) is 5.69 Å². The van der Waals surface area contributed by atoms with Crippen LogP contribution < -0.4 is 10.6 Å². The van der Waals surface area contributed by atoms with Crippen molar-refractivity contribution in [1.29, 1.82) is 0 Å². The minimum absolute atomic E-state index is 0.474. The molecule has 1 aromatic rings. The molecule has 13 heavy (non-hydrogen) atoms. The average molecular weight is 198 g/mol. The van der Waals surface area contributed by atoms with Crippen molar-refractivity contribution < 1.29 is 0 Å². The number of nitrogens with zero attached hydrogens (tertiary/aromatic N) is 2. The molecule has 0 saturated carbocycles. The third-order valence-corrected chi connectivity index (χ3v) is 2.04. The summed E-state index contributed by atoms with van der Waals surface area (Å²) in [5.74, 6) is 0.474. The summed E-state index contributed by atoms with van der Waals surface area (Å²) in [6.07, 6.45) is 0. The van der Waals surface area contributed by atoms with Crippen molar-refractivity contribution in [1.82, 2.24) is 0 Å². The maximum absolute atomic E-state index is 5.75. The maximum Gasteiger partial charge on any atom is 0.195 e. The highest BCUT2D eigenvalue weighted by molar-refractivity contribution is 6.30. The predicted molar refractivity (Wildman–Crippen MR) is 57.4 cm³/mol. The fourth-order valence-electron chi connectivity index (χ4n) is 0.947. The van der Waals surface area contributed by atoms with Crippen LogP contribution in [0.2, 0.25) is 5.02 Å². The van der Waals surface area contributed by atoms with Crippen LogP contribution in [0.3, 0.4) is 0 Å². The molecule has 0 atom stereocenters. The molecule has 0 amide bonds. The lowest BCUT2D eigenvalue weighted by molar-refractivity contribution is 1.20. The van der Waals surface area contributed by atoms with Gasteiger partial charge in [0, 0.05) is 24.8 Å². The fraction of sp³-hybridized carbons (Fsp3) is 0.222. The first-order valence-electron chi connectivity index (χ1n) is 3.86. The fourth-order valence-corrected chi connectivity index (χ4v) is 1.07. The molecule has 0 unspecified atom stereocenters. The number of hydrogen-bond donors (Lipinski definition) is 1. The summed E-state index contributed by atoms with van der Waals surface area (Å²) in [4.78, 5) is 5.66. The molecule has 1 rings (SSSR count). The topological polar surface area (TPSA) is 41.6 Å². The van der Waals surface area contributed by atoms with Gasteiger partial charge in [0.15, 0.2) is 5.96 Å². The van der Waals surface area contributed by atoms with Gasteiger partial charge in [0.2, 0.25) is 0 Å². The van der Waals surface area contributed by atoms with E-state index in [1.165, 1.54) is 0 Å². The van der Waals surface area contributed by atoms with E-state index in [2.05, 4.69) is 4.99 Å². The normalized spacial score (nSPS) is 11.5. The Morgan fingerprint density at radius 3 is 2.38 bits per heavy atom. The molecular formula is C9H12ClN3. The maximum atomic E-state index is 5.75. The van der Waals surface area contributed by atoms with Gasteiger partial charge >= 0.3 is 0 Å². The first kappa shape index (κ1) is 9.86. The van der Waals surface area contributed by atoms with Gasteiger partial charge in [-0.1, -0.05) is 11.6 Å². The number of guanidine groups is 1. The summed E-state index contributed by atoms with van der Waals surface area (Å²) in [5.41, 5.74) is 6.59. The third kappa shape index (κ3) is 2.36. The van der Waals surface area contributed by atoms with Crippen LogP contribution >= 0.6 is 11.6 Å². The van der Waals surface area contributed by atoms with E-state index in [0.29, 0.717) is 11.0 Å². The van der Waals surface area contributed by atoms with Gasteiger partial charge in [-0.15, -0.1) is 0 Å². The number of rotatable bonds is 1. The van der Waals surface area contributed by atoms with Crippen molar-refractivity contribution in [3.8, 4) is 0 Å². The molecule has 0 radical (unpaired) electrons. The predicted octanol–water partition coefficient (Wildman–Crippen LogP) is 1.72. The molecule has 0 aromatic heterocycles. The number of halogens is 1. The molecule has 0 aliphatic carbocycles. The third-order valence-electron chi connectivity index (χ3n) is 1.79. The van der Waals surface area contributed by atoms with Crippen LogP contribution in [0.25, 0.3) is 0 Å². The molecule has 2 N–H and O–H groups in total. The summed E-state index contributed by atoms with van der Waals surface area (Å²) in [5, 5.41) is 0.712. The summed E-state index contributed by atoms with van der Waals surface area (Å²) < 4.78 is 0. The Morgan fingerprint density at radius 2 is 1.92 bits per heavy atom. The Balaban J connectivity index is 2.89. The zero-order valence-electron chi connectivity index (χ0n) is 7.66. The van der Waals surface area contributed by atoms with Crippen LogP contribution in [0.4, 0.5) is 5.69 Å². The van der Waals surface area contributed by atoms with Crippen molar-refractivity contribution in [2.45, 2.75) is 0 Å². The molecule has 1 aromatic carbocycles. The van der Waals surface area contributed by atoms with Gasteiger partial charge < -0.3 is 10.6 Å². The lowest BCUT2D eigenvalue weighted by Crippen LogP contribution is -2.33. The van der Waals surface area contributed by atoms with Crippen molar-refractivity contribution in [3.63, 3.8) is 0 Å². The number of anilines is 1. The van der Waals surface area contributed by atoms with Crippen molar-refractivity contribution in [3.05, 3.63) is 29.3 Å². The zero-order valence-corrected chi connectivity index (χ0v) is 8.42. The second kappa shape index (κ2) is 4.14. The Labute approximate surface area is 82.8 Å². The van der Waals surface area contributed by atoms with Crippen molar-refractivity contribution in [2.24, 2.45) is 10.7 Å². The van der Waals surface area contributed by atoms with E-state index in [1.807, 2.05) is 31.3 Å². The number of hydrogen-bond acceptors (Lipinski definition) is 1. The van der Waals surface area contributed by atoms with Gasteiger partial charge in [-0.2, -0.15) is 0 Å². The Morgan fingerprint density at radius 1 is 1.38 bits per heavy atom. The first-order valence-corrected chi connectivity index (χ1v) is 4.24. The largest absolute Gasteiger partial charge is 0.370 e. The van der Waals surface area contributed by atoms with Gasteiger partial charge in [-0.3, -0.25) is 4.99 Å². The standard InChI is InChI=1S/C9H12ClN3/c1-12-9(11)13(2)8-5-3-7(10)4-6-8/h3-6H,1-2H3,(H2,11,12). The molecule has 0 saturated heterocycles. The Kier molecular flexibility index (Phi) is 3.14. The molecule has 4 heteroatoms. The van der Waals surface area contributed by atoms with Gasteiger partial charge in [0.05, 0.1) is 0 Å². The number of benzene rings is 1. The van der Waals surface area contributed by atoms with Crippen LogP contribution in [-0.4, -0.2) is 20.1 Å². The van der Waals surface area contributed by atoms with Crippen LogP contribution in [0, 0.1) is 0 Å². The zero-order chi connectivity index (χ0) is 9.84. The molecule has 0 bridgehead atoms. The summed E-state index contributed by atoms with van der Waals surface area (Å²) >= 11 is 5.75. The lowest BCUT2D eigenvalue weighted by atomic mass is 10.3. The summed E-state index contributed by atoms with van der Waals surface area (Å²) in [7, 11) is 3.51. The van der Waals surface area contributed by atoms with E-state index in [4.69, 9.17) is 17.3 Å². The molecule has 3 nitrogen and oxygen atoms in total. The van der Waals surface area contributed by atoms with Crippen LogP contribution in [0.1, 0.15) is 0 Å². The van der Waals surface area contributed by atoms with Gasteiger partial charge in [0.25, 0.3) is 0 Å². The van der Waals surface area contributed by atoms with Crippen LogP contribution in [0.5, 0.6) is 0 Å². The van der Waals surface area contributed by atoms with Gasteiger partial charge in [0.1, 0.15) is 0 Å². The quantitative estimate of drug-likeness (QED) is 0.550. The minimum Gasteiger partial charge on any atom is -0.370 e. The van der Waals surface area contributed by atoms with Crippen LogP contribution in [-0.2, 0) is 0 Å². The van der Waals surface area contributed by atoms with E-state index < -0.39 is 0 Å². The molecule has 0 aliphatic rings. The molecule has 70 valence electrons. The van der Waals surface area contributed by atoms with E-state index in [1.54, 1.807) is 11.9 Å². The highest BCUT2D eigenvalue weighted by atomic mass is 35.5. The van der Waals surface area contributed by atoms with E-state index in [9.17, 15) is 0 Å². The second-order valence-electron chi connectivity index (χ2n) is 2.62. The number of aliphatic imine (C=N–C) groups is 1. The van der Waals surface area contributed by atoms with Gasteiger partial charge in [-0.25, -0.2) is 0 Å². The Hall–Kier alpha value is -1.22. The highest BCUT2D eigenvalue weighted by Gasteiger charge is 2.02. The minimum atomic E-state index is 0.474. The summed E-state index contributed by atoms with van der Waals surface area (Å²) in [6.45, 7) is 0. The smallest absolute Gasteiger partial charge is 0.195 e. The SMILES string of the molecule is CN=C(N)N(C)c1ccc(Cl)cc1. The second-order valence-corrected chi connectivity index (χ2v) is 3.05. The highest BCUT2D eigenvalue weighted by Crippen LogP contribution is 2.16. The lowest BCUT2D eigenvalue weighted by Gasteiger charge is -2.17. The molecular weight excluding hydrogens is 186 g/mol. The molecule has 0 spiro atoms. The first-order chi connectivity index (χ1) is 6.15. The molecule has 0 heterocycles. The Bertz CT molecular complexity index is 305. The summed E-state index contributed by atoms with van der Waals surface area (Å²) in [6, 6.07) is 7.41. The number of nitrogens with two attached hydrogens (primary N) is 1. The molecule has 0 fully saturated rings. The average Bonchev–Trinajstić information content (AvgIpc) is 2.17. The van der Waals surface area contributed by atoms with E-state index in [-0.39, 0.29) is 0 Å². The monoisotopic (exact) mass is 197 g/mol. The molecule has 0 aliphatic heterocycles. The van der Waals surface area contributed by atoms with E-state index >= 15 is 0 Å². The van der Waals surface area contributed by atoms with Crippen LogP contribution in [0.15, 0.2) is 29.3 Å². The van der Waals surface area contributed by atoms with Crippen molar-refractivity contribution in [2.75, 3.05) is 19.0 Å². The van der Waals surface area contributed by atoms with Crippen molar-refractivity contribution >= 4 is 23.2 Å².